The van der Waals surface area contributed by atoms with Crippen LogP contribution in [0.4, 0.5) is 11.4 Å². The van der Waals surface area contributed by atoms with Crippen molar-refractivity contribution in [3.05, 3.63) is 111 Å². The lowest BCUT2D eigenvalue weighted by molar-refractivity contribution is -0.385. The number of carbonyl (C=O) groups is 1. The molecule has 0 fully saturated rings. The predicted molar refractivity (Wildman–Crippen MR) is 125 cm³/mol. The van der Waals surface area contributed by atoms with Gasteiger partial charge in [-0.3, -0.25) is 14.9 Å². The molecule has 0 bridgehead atoms. The molecule has 1 aliphatic carbocycles. The summed E-state index contributed by atoms with van der Waals surface area (Å²) in [6.45, 7) is 0.407. The summed E-state index contributed by atoms with van der Waals surface area (Å²) in [4.78, 5) is 24.0. The third-order valence-electron chi connectivity index (χ3n) is 6.49. The number of amides is 1. The van der Waals surface area contributed by atoms with E-state index in [-0.39, 0.29) is 35.2 Å². The number of anilines is 1. The zero-order chi connectivity index (χ0) is 22.9. The van der Waals surface area contributed by atoms with Gasteiger partial charge in [-0.05, 0) is 35.6 Å². The number of rotatable bonds is 5. The van der Waals surface area contributed by atoms with E-state index in [4.69, 9.17) is 0 Å². The normalized spacial score (nSPS) is 20.4. The summed E-state index contributed by atoms with van der Waals surface area (Å²) in [5.41, 5.74) is 3.62. The van der Waals surface area contributed by atoms with E-state index >= 15 is 0 Å². The Hall–Kier alpha value is -4.13. The number of aromatic hydroxyl groups is 1. The second-order valence-electron chi connectivity index (χ2n) is 8.41. The van der Waals surface area contributed by atoms with Crippen LogP contribution < -0.4 is 10.6 Å². The Bertz CT molecular complexity index is 1260. The van der Waals surface area contributed by atoms with Crippen LogP contribution in [0.3, 0.4) is 0 Å². The third-order valence-corrected chi connectivity index (χ3v) is 6.49. The average Bonchev–Trinajstić information content (AvgIpc) is 3.33. The first-order valence-corrected chi connectivity index (χ1v) is 10.9. The Kier molecular flexibility index (Phi) is 5.30. The Morgan fingerprint density at radius 3 is 2.70 bits per heavy atom. The lowest BCUT2D eigenvalue weighted by Crippen LogP contribution is -2.32. The number of non-ortho nitro benzene ring substituents is 1. The van der Waals surface area contributed by atoms with Crippen molar-refractivity contribution in [2.45, 2.75) is 24.9 Å². The van der Waals surface area contributed by atoms with Gasteiger partial charge in [-0.2, -0.15) is 0 Å². The Morgan fingerprint density at radius 2 is 1.91 bits per heavy atom. The first kappa shape index (κ1) is 20.8. The number of nitrogens with one attached hydrogen (secondary N) is 2. The number of fused-ring (bicyclic) bond motifs is 3. The van der Waals surface area contributed by atoms with E-state index in [1.165, 1.54) is 18.2 Å². The van der Waals surface area contributed by atoms with Crippen LogP contribution >= 0.6 is 0 Å². The summed E-state index contributed by atoms with van der Waals surface area (Å²) in [6, 6.07) is 19.1. The molecule has 7 heteroatoms. The molecule has 3 N–H and O–H groups in total. The number of hydrogen-bond acceptors (Lipinski definition) is 5. The molecule has 3 aromatic carbocycles. The average molecular weight is 441 g/mol. The molecule has 3 aromatic rings. The highest BCUT2D eigenvalue weighted by Gasteiger charge is 2.40. The Morgan fingerprint density at radius 1 is 1.09 bits per heavy atom. The third kappa shape index (κ3) is 3.82. The molecule has 5 rings (SSSR count). The lowest BCUT2D eigenvalue weighted by atomic mass is 9.76. The Labute approximate surface area is 190 Å². The van der Waals surface area contributed by atoms with E-state index in [0.29, 0.717) is 23.4 Å². The minimum absolute atomic E-state index is 0.00166. The molecule has 7 nitrogen and oxygen atoms in total. The summed E-state index contributed by atoms with van der Waals surface area (Å²) in [5.74, 6) is -0.0799. The predicted octanol–water partition coefficient (Wildman–Crippen LogP) is 5.06. The first-order valence-electron chi connectivity index (χ1n) is 10.9. The van der Waals surface area contributed by atoms with Gasteiger partial charge in [0, 0.05) is 30.2 Å². The van der Waals surface area contributed by atoms with Crippen molar-refractivity contribution < 1.29 is 14.8 Å². The van der Waals surface area contributed by atoms with Crippen LogP contribution in [0.15, 0.2) is 78.9 Å². The highest BCUT2D eigenvalue weighted by Crippen LogP contribution is 2.52. The van der Waals surface area contributed by atoms with E-state index in [9.17, 15) is 20.0 Å². The standard InChI is InChI=1S/C26H23N3O4/c30-23-13-12-17(29(32)33)14-22(23)25-20-9-4-8-18(20)19-10-5-11-21(24(19)28-25)26(31)27-15-16-6-2-1-3-7-16/h1-8,10-14,18,20,25,28,30H,9,15H2,(H,27,31). The van der Waals surface area contributed by atoms with Gasteiger partial charge in [0.2, 0.25) is 0 Å². The van der Waals surface area contributed by atoms with Crippen LogP contribution in [0, 0.1) is 16.0 Å². The van der Waals surface area contributed by atoms with E-state index in [2.05, 4.69) is 22.8 Å². The van der Waals surface area contributed by atoms with E-state index in [1.807, 2.05) is 42.5 Å². The molecule has 0 saturated carbocycles. The van der Waals surface area contributed by atoms with Gasteiger partial charge < -0.3 is 15.7 Å². The number of nitrogens with zero attached hydrogens (tertiary/aromatic N) is 1. The number of phenolic OH excluding ortho intramolecular Hbond substituents is 1. The van der Waals surface area contributed by atoms with Gasteiger partial charge in [-0.15, -0.1) is 0 Å². The van der Waals surface area contributed by atoms with Crippen molar-refractivity contribution >= 4 is 17.3 Å². The number of carbonyl (C=O) groups excluding carboxylic acids is 1. The fourth-order valence-corrected chi connectivity index (χ4v) is 4.90. The molecule has 1 amide bonds. The van der Waals surface area contributed by atoms with Crippen LogP contribution in [-0.2, 0) is 6.54 Å². The van der Waals surface area contributed by atoms with Gasteiger partial charge in [0.1, 0.15) is 5.75 Å². The summed E-state index contributed by atoms with van der Waals surface area (Å²) < 4.78 is 0. The zero-order valence-electron chi connectivity index (χ0n) is 17.8. The minimum atomic E-state index is -0.466. The van der Waals surface area contributed by atoms with Gasteiger partial charge >= 0.3 is 0 Å². The SMILES string of the molecule is O=C(NCc1ccccc1)c1cccc2c1NC(c1cc([N+](=O)[O-])ccc1O)C1CC=CC21. The van der Waals surface area contributed by atoms with Crippen molar-refractivity contribution in [1.29, 1.82) is 0 Å². The molecule has 0 saturated heterocycles. The molecule has 0 spiro atoms. The molecule has 1 aliphatic heterocycles. The molecule has 0 aromatic heterocycles. The molecular weight excluding hydrogens is 418 g/mol. The van der Waals surface area contributed by atoms with Crippen LogP contribution in [0.5, 0.6) is 5.75 Å². The first-order chi connectivity index (χ1) is 16.0. The lowest BCUT2D eigenvalue weighted by Gasteiger charge is -2.38. The monoisotopic (exact) mass is 441 g/mol. The molecule has 33 heavy (non-hydrogen) atoms. The van der Waals surface area contributed by atoms with Crippen LogP contribution in [-0.4, -0.2) is 15.9 Å². The second-order valence-corrected chi connectivity index (χ2v) is 8.41. The van der Waals surface area contributed by atoms with Crippen molar-refractivity contribution in [2.75, 3.05) is 5.32 Å². The van der Waals surface area contributed by atoms with Crippen LogP contribution in [0.1, 0.15) is 45.4 Å². The van der Waals surface area contributed by atoms with E-state index in [1.54, 1.807) is 6.07 Å². The quantitative estimate of drug-likeness (QED) is 0.292. The fraction of sp³-hybridized carbons (Fsp3) is 0.192. The number of benzene rings is 3. The van der Waals surface area contributed by atoms with Gasteiger partial charge in [-0.1, -0.05) is 54.6 Å². The van der Waals surface area contributed by atoms with Crippen LogP contribution in [0.25, 0.3) is 0 Å². The number of para-hydroxylation sites is 1. The highest BCUT2D eigenvalue weighted by atomic mass is 16.6. The highest BCUT2D eigenvalue weighted by molar-refractivity contribution is 6.00. The molecular formula is C26H23N3O4. The Balaban J connectivity index is 1.51. The van der Waals surface area contributed by atoms with E-state index < -0.39 is 4.92 Å². The van der Waals surface area contributed by atoms with E-state index in [0.717, 1.165) is 17.5 Å². The van der Waals surface area contributed by atoms with Crippen molar-refractivity contribution in [2.24, 2.45) is 5.92 Å². The van der Waals surface area contributed by atoms with Crippen molar-refractivity contribution in [3.63, 3.8) is 0 Å². The van der Waals surface area contributed by atoms with Gasteiger partial charge in [-0.25, -0.2) is 0 Å². The maximum Gasteiger partial charge on any atom is 0.270 e. The molecule has 166 valence electrons. The van der Waals surface area contributed by atoms with Crippen molar-refractivity contribution in [1.82, 2.24) is 5.32 Å². The molecule has 0 radical (unpaired) electrons. The van der Waals surface area contributed by atoms with Crippen LogP contribution in [0.2, 0.25) is 0 Å². The minimum Gasteiger partial charge on any atom is -0.508 e. The summed E-state index contributed by atoms with van der Waals surface area (Å²) >= 11 is 0. The molecule has 1 heterocycles. The zero-order valence-corrected chi connectivity index (χ0v) is 17.8. The maximum atomic E-state index is 13.1. The number of nitro groups is 1. The number of nitro benzene ring substituents is 1. The number of hydrogen-bond donors (Lipinski definition) is 3. The van der Waals surface area contributed by atoms with Gasteiger partial charge in [0.15, 0.2) is 0 Å². The van der Waals surface area contributed by atoms with Gasteiger partial charge in [0.25, 0.3) is 11.6 Å². The second kappa shape index (κ2) is 8.43. The topological polar surface area (TPSA) is 104 Å². The molecule has 2 aliphatic rings. The van der Waals surface area contributed by atoms with Crippen molar-refractivity contribution in [3.8, 4) is 5.75 Å². The smallest absolute Gasteiger partial charge is 0.270 e. The fourth-order valence-electron chi connectivity index (χ4n) is 4.90. The molecule has 3 atom stereocenters. The summed E-state index contributed by atoms with van der Waals surface area (Å²) in [5, 5.41) is 28.3. The summed E-state index contributed by atoms with van der Waals surface area (Å²) in [6.07, 6.45) is 4.99. The number of phenols is 1. The van der Waals surface area contributed by atoms with Gasteiger partial charge in [0.05, 0.1) is 22.2 Å². The summed E-state index contributed by atoms with van der Waals surface area (Å²) in [7, 11) is 0. The largest absolute Gasteiger partial charge is 0.508 e. The number of allylic oxidation sites excluding steroid dienone is 2. The molecule has 3 unspecified atom stereocenters. The maximum absolute atomic E-state index is 13.1.